The molecule has 0 fully saturated rings. The molecule has 2 aromatic rings. The van der Waals surface area contributed by atoms with Crippen LogP contribution in [0.25, 0.3) is 0 Å². The average molecular weight is 276 g/mol. The van der Waals surface area contributed by atoms with E-state index < -0.39 is 0 Å². The van der Waals surface area contributed by atoms with Crippen LogP contribution in [0.5, 0.6) is 11.5 Å². The van der Waals surface area contributed by atoms with E-state index in [4.69, 9.17) is 9.47 Å². The van der Waals surface area contributed by atoms with E-state index in [1.807, 2.05) is 32.0 Å². The van der Waals surface area contributed by atoms with Crippen LogP contribution in [-0.4, -0.2) is 18.2 Å². The van der Waals surface area contributed by atoms with Crippen molar-refractivity contribution in [2.24, 2.45) is 0 Å². The SMILES string of the molecule is Cc1nc(C)c(CNc2ccc3c(c2)OCCO3)s1. The number of benzene rings is 1. The summed E-state index contributed by atoms with van der Waals surface area (Å²) < 4.78 is 11.1. The normalized spacial score (nSPS) is 13.4. The van der Waals surface area contributed by atoms with Crippen LogP contribution in [0.3, 0.4) is 0 Å². The Balaban J connectivity index is 1.71. The van der Waals surface area contributed by atoms with Crippen molar-refractivity contribution in [3.8, 4) is 11.5 Å². The molecule has 1 N–H and O–H groups in total. The lowest BCUT2D eigenvalue weighted by Crippen LogP contribution is -2.15. The molecule has 0 unspecified atom stereocenters. The summed E-state index contributed by atoms with van der Waals surface area (Å²) in [7, 11) is 0. The highest BCUT2D eigenvalue weighted by atomic mass is 32.1. The van der Waals surface area contributed by atoms with Crippen molar-refractivity contribution in [3.63, 3.8) is 0 Å². The number of nitrogens with one attached hydrogen (secondary N) is 1. The summed E-state index contributed by atoms with van der Waals surface area (Å²) in [4.78, 5) is 5.70. The fraction of sp³-hybridized carbons (Fsp3) is 0.357. The van der Waals surface area contributed by atoms with Crippen molar-refractivity contribution in [2.45, 2.75) is 20.4 Å². The highest BCUT2D eigenvalue weighted by Crippen LogP contribution is 2.32. The summed E-state index contributed by atoms with van der Waals surface area (Å²) in [5.41, 5.74) is 2.14. The molecule has 0 saturated heterocycles. The van der Waals surface area contributed by atoms with E-state index in [1.54, 1.807) is 11.3 Å². The number of anilines is 1. The second kappa shape index (κ2) is 5.09. The van der Waals surface area contributed by atoms with Gasteiger partial charge in [0.15, 0.2) is 11.5 Å². The largest absolute Gasteiger partial charge is 0.486 e. The van der Waals surface area contributed by atoms with Crippen LogP contribution in [-0.2, 0) is 6.54 Å². The van der Waals surface area contributed by atoms with E-state index in [1.165, 1.54) is 4.88 Å². The van der Waals surface area contributed by atoms with Crippen LogP contribution in [0.1, 0.15) is 15.6 Å². The van der Waals surface area contributed by atoms with Crippen molar-refractivity contribution >= 4 is 17.0 Å². The van der Waals surface area contributed by atoms with Gasteiger partial charge in [-0.15, -0.1) is 11.3 Å². The number of aromatic nitrogens is 1. The minimum absolute atomic E-state index is 0.615. The molecule has 0 atom stereocenters. The second-order valence-electron chi connectivity index (χ2n) is 4.45. The smallest absolute Gasteiger partial charge is 0.163 e. The highest BCUT2D eigenvalue weighted by Gasteiger charge is 2.12. The summed E-state index contributed by atoms with van der Waals surface area (Å²) >= 11 is 1.73. The molecule has 3 rings (SSSR count). The zero-order valence-electron chi connectivity index (χ0n) is 11.0. The van der Waals surface area contributed by atoms with Crippen LogP contribution in [0.15, 0.2) is 18.2 Å². The molecule has 2 heterocycles. The maximum absolute atomic E-state index is 5.57. The Bertz CT molecular complexity index is 595. The number of hydrogen-bond donors (Lipinski definition) is 1. The number of nitrogens with zero attached hydrogens (tertiary/aromatic N) is 1. The van der Waals surface area contributed by atoms with Crippen LogP contribution in [0.2, 0.25) is 0 Å². The van der Waals surface area contributed by atoms with E-state index in [9.17, 15) is 0 Å². The summed E-state index contributed by atoms with van der Waals surface area (Å²) in [6.45, 7) is 6.11. The van der Waals surface area contributed by atoms with Gasteiger partial charge >= 0.3 is 0 Å². The van der Waals surface area contributed by atoms with Gasteiger partial charge in [-0.25, -0.2) is 4.98 Å². The molecule has 1 aromatic heterocycles. The number of aryl methyl sites for hydroxylation is 2. The first kappa shape index (κ1) is 12.3. The molecule has 19 heavy (non-hydrogen) atoms. The predicted octanol–water partition coefficient (Wildman–Crippen LogP) is 3.14. The summed E-state index contributed by atoms with van der Waals surface area (Å²) in [6, 6.07) is 5.94. The van der Waals surface area contributed by atoms with E-state index in [0.717, 1.165) is 34.4 Å². The Hall–Kier alpha value is -1.75. The predicted molar refractivity (Wildman–Crippen MR) is 76.3 cm³/mol. The number of fused-ring (bicyclic) bond motifs is 1. The van der Waals surface area contributed by atoms with Gasteiger partial charge in [0.1, 0.15) is 13.2 Å². The summed E-state index contributed by atoms with van der Waals surface area (Å²) in [5, 5.41) is 4.51. The van der Waals surface area contributed by atoms with Crippen LogP contribution < -0.4 is 14.8 Å². The van der Waals surface area contributed by atoms with E-state index in [-0.39, 0.29) is 0 Å². The van der Waals surface area contributed by atoms with Gasteiger partial charge in [-0.05, 0) is 26.0 Å². The maximum Gasteiger partial charge on any atom is 0.163 e. The molecule has 1 aliphatic heterocycles. The van der Waals surface area contributed by atoms with Gasteiger partial charge < -0.3 is 14.8 Å². The Morgan fingerprint density at radius 3 is 2.74 bits per heavy atom. The number of thiazole rings is 1. The Labute approximate surface area is 116 Å². The van der Waals surface area contributed by atoms with Gasteiger partial charge in [0.05, 0.1) is 17.2 Å². The minimum atomic E-state index is 0.615. The maximum atomic E-state index is 5.57. The van der Waals surface area contributed by atoms with Crippen LogP contribution >= 0.6 is 11.3 Å². The lowest BCUT2D eigenvalue weighted by atomic mass is 10.2. The molecule has 0 spiro atoms. The Morgan fingerprint density at radius 1 is 1.21 bits per heavy atom. The lowest BCUT2D eigenvalue weighted by Gasteiger charge is -2.19. The van der Waals surface area contributed by atoms with Gasteiger partial charge in [0, 0.05) is 16.6 Å². The quantitative estimate of drug-likeness (QED) is 0.935. The highest BCUT2D eigenvalue weighted by molar-refractivity contribution is 7.11. The monoisotopic (exact) mass is 276 g/mol. The standard InChI is InChI=1S/C14H16N2O2S/c1-9-14(19-10(2)16-9)8-15-11-3-4-12-13(7-11)18-6-5-17-12/h3-4,7,15H,5-6,8H2,1-2H3. The first-order valence-electron chi connectivity index (χ1n) is 6.29. The fourth-order valence-corrected chi connectivity index (χ4v) is 2.95. The third-order valence-corrected chi connectivity index (χ3v) is 4.07. The summed E-state index contributed by atoms with van der Waals surface area (Å²) in [6.07, 6.45) is 0. The first-order chi connectivity index (χ1) is 9.22. The Morgan fingerprint density at radius 2 is 2.00 bits per heavy atom. The van der Waals surface area contributed by atoms with Crippen LogP contribution in [0, 0.1) is 13.8 Å². The third-order valence-electron chi connectivity index (χ3n) is 2.99. The molecule has 0 saturated carbocycles. The first-order valence-corrected chi connectivity index (χ1v) is 7.10. The van der Waals surface area contributed by atoms with Gasteiger partial charge in [0.2, 0.25) is 0 Å². The van der Waals surface area contributed by atoms with Crippen molar-refractivity contribution in [1.29, 1.82) is 0 Å². The molecule has 100 valence electrons. The molecule has 0 radical (unpaired) electrons. The third kappa shape index (κ3) is 2.66. The van der Waals surface area contributed by atoms with E-state index in [0.29, 0.717) is 13.2 Å². The molecular weight excluding hydrogens is 260 g/mol. The van der Waals surface area contributed by atoms with Crippen LogP contribution in [0.4, 0.5) is 5.69 Å². The minimum Gasteiger partial charge on any atom is -0.486 e. The molecule has 4 nitrogen and oxygen atoms in total. The number of rotatable bonds is 3. The lowest BCUT2D eigenvalue weighted by molar-refractivity contribution is 0.171. The van der Waals surface area contributed by atoms with E-state index in [2.05, 4.69) is 10.3 Å². The Kier molecular flexibility index (Phi) is 3.29. The number of hydrogen-bond acceptors (Lipinski definition) is 5. The van der Waals surface area contributed by atoms with Gasteiger partial charge in [-0.2, -0.15) is 0 Å². The van der Waals surface area contributed by atoms with Crippen molar-refractivity contribution in [2.75, 3.05) is 18.5 Å². The zero-order valence-corrected chi connectivity index (χ0v) is 11.8. The second-order valence-corrected chi connectivity index (χ2v) is 5.74. The van der Waals surface area contributed by atoms with Gasteiger partial charge in [-0.3, -0.25) is 0 Å². The fourth-order valence-electron chi connectivity index (χ4n) is 2.07. The van der Waals surface area contributed by atoms with Crippen molar-refractivity contribution in [3.05, 3.63) is 33.8 Å². The summed E-state index contributed by atoms with van der Waals surface area (Å²) in [5.74, 6) is 1.63. The van der Waals surface area contributed by atoms with E-state index >= 15 is 0 Å². The molecule has 1 aromatic carbocycles. The van der Waals surface area contributed by atoms with Gasteiger partial charge in [0.25, 0.3) is 0 Å². The zero-order chi connectivity index (χ0) is 13.2. The molecule has 0 bridgehead atoms. The van der Waals surface area contributed by atoms with Gasteiger partial charge in [-0.1, -0.05) is 0 Å². The average Bonchev–Trinajstić information content (AvgIpc) is 2.74. The number of ether oxygens (including phenoxy) is 2. The molecule has 1 aliphatic rings. The molecule has 0 amide bonds. The topological polar surface area (TPSA) is 43.4 Å². The van der Waals surface area contributed by atoms with Crippen molar-refractivity contribution < 1.29 is 9.47 Å². The molecule has 0 aliphatic carbocycles. The molecular formula is C14H16N2O2S. The van der Waals surface area contributed by atoms with Crippen molar-refractivity contribution in [1.82, 2.24) is 4.98 Å². The molecule has 5 heteroatoms.